The molecule has 2 aromatic carbocycles. The highest BCUT2D eigenvalue weighted by Crippen LogP contribution is 2.40. The van der Waals surface area contributed by atoms with Gasteiger partial charge in [-0.3, -0.25) is 4.79 Å². The van der Waals surface area contributed by atoms with Crippen molar-refractivity contribution >= 4 is 5.91 Å². The summed E-state index contributed by atoms with van der Waals surface area (Å²) in [6.45, 7) is 3.41. The minimum absolute atomic E-state index is 0.119. The zero-order valence-corrected chi connectivity index (χ0v) is 15.1. The van der Waals surface area contributed by atoms with Gasteiger partial charge in [0.15, 0.2) is 11.5 Å². The van der Waals surface area contributed by atoms with Crippen LogP contribution in [0, 0.1) is 0 Å². The van der Waals surface area contributed by atoms with E-state index in [1.807, 2.05) is 23.1 Å². The van der Waals surface area contributed by atoms with Crippen LogP contribution in [0.4, 0.5) is 0 Å². The zero-order valence-electron chi connectivity index (χ0n) is 15.1. The maximum atomic E-state index is 12.1. The Morgan fingerprint density at radius 1 is 1.00 bits per heavy atom. The summed E-state index contributed by atoms with van der Waals surface area (Å²) in [7, 11) is 1.67. The van der Waals surface area contributed by atoms with Crippen LogP contribution in [0.25, 0.3) is 0 Å². The molecule has 2 aliphatic rings. The number of carbonyl (C=O) groups is 1. The summed E-state index contributed by atoms with van der Waals surface area (Å²) in [4.78, 5) is 14.1. The Morgan fingerprint density at radius 3 is 2.35 bits per heavy atom. The average molecular weight is 353 g/mol. The first-order chi connectivity index (χ1) is 12.6. The van der Waals surface area contributed by atoms with E-state index in [0.29, 0.717) is 5.92 Å². The lowest BCUT2D eigenvalue weighted by Gasteiger charge is -2.38. The largest absolute Gasteiger partial charge is 0.497 e. The second-order valence-corrected chi connectivity index (χ2v) is 6.94. The van der Waals surface area contributed by atoms with E-state index >= 15 is 0 Å². The minimum atomic E-state index is 0.119. The predicted octanol–water partition coefficient (Wildman–Crippen LogP) is 3.54. The molecular weight excluding hydrogens is 330 g/mol. The number of ether oxygens (including phenoxy) is 3. The Labute approximate surface area is 153 Å². The average Bonchev–Trinajstić information content (AvgIpc) is 3.15. The molecule has 136 valence electrons. The summed E-state index contributed by atoms with van der Waals surface area (Å²) < 4.78 is 16.2. The Kier molecular flexibility index (Phi) is 4.45. The highest BCUT2D eigenvalue weighted by Gasteiger charge is 2.31. The lowest BCUT2D eigenvalue weighted by atomic mass is 9.81. The van der Waals surface area contributed by atoms with Crippen LogP contribution in [0.1, 0.15) is 36.3 Å². The van der Waals surface area contributed by atoms with Crippen LogP contribution >= 0.6 is 0 Å². The third kappa shape index (κ3) is 3.21. The van der Waals surface area contributed by atoms with Gasteiger partial charge in [0.05, 0.1) is 7.11 Å². The first-order valence-electron chi connectivity index (χ1n) is 8.93. The van der Waals surface area contributed by atoms with E-state index in [-0.39, 0.29) is 18.6 Å². The molecule has 0 aromatic heterocycles. The predicted molar refractivity (Wildman–Crippen MR) is 97.9 cm³/mol. The first kappa shape index (κ1) is 16.8. The molecule has 4 rings (SSSR count). The molecule has 2 atom stereocenters. The molecule has 1 amide bonds. The van der Waals surface area contributed by atoms with Crippen LogP contribution in [-0.2, 0) is 4.79 Å². The lowest BCUT2D eigenvalue weighted by Crippen LogP contribution is -2.41. The SMILES string of the molecule is COc1ccc([C@@H]2C[C@@H](c3ccc4c(c3)OCO4)CN(C(C)=O)C2)cc1. The van der Waals surface area contributed by atoms with Crippen molar-refractivity contribution in [1.29, 1.82) is 0 Å². The molecule has 26 heavy (non-hydrogen) atoms. The van der Waals surface area contributed by atoms with Gasteiger partial charge in [-0.2, -0.15) is 0 Å². The molecule has 1 fully saturated rings. The van der Waals surface area contributed by atoms with E-state index in [0.717, 1.165) is 36.8 Å². The van der Waals surface area contributed by atoms with Gasteiger partial charge in [-0.05, 0) is 41.8 Å². The van der Waals surface area contributed by atoms with E-state index in [2.05, 4.69) is 24.3 Å². The number of likely N-dealkylation sites (tertiary alicyclic amines) is 1. The van der Waals surface area contributed by atoms with Crippen LogP contribution in [0.3, 0.4) is 0 Å². The number of carbonyl (C=O) groups excluding carboxylic acids is 1. The van der Waals surface area contributed by atoms with Gasteiger partial charge in [-0.1, -0.05) is 18.2 Å². The fraction of sp³-hybridized carbons (Fsp3) is 0.381. The van der Waals surface area contributed by atoms with Gasteiger partial charge in [0.25, 0.3) is 0 Å². The van der Waals surface area contributed by atoms with Crippen LogP contribution in [0.15, 0.2) is 42.5 Å². The van der Waals surface area contributed by atoms with E-state index in [9.17, 15) is 4.79 Å². The molecule has 5 heteroatoms. The molecule has 0 unspecified atom stereocenters. The molecule has 0 saturated carbocycles. The minimum Gasteiger partial charge on any atom is -0.497 e. The number of amides is 1. The van der Waals surface area contributed by atoms with Crippen molar-refractivity contribution in [3.05, 3.63) is 53.6 Å². The lowest BCUT2D eigenvalue weighted by molar-refractivity contribution is -0.130. The van der Waals surface area contributed by atoms with E-state index in [1.54, 1.807) is 14.0 Å². The molecule has 1 saturated heterocycles. The first-order valence-corrected chi connectivity index (χ1v) is 8.93. The van der Waals surface area contributed by atoms with Gasteiger partial charge in [-0.25, -0.2) is 0 Å². The molecule has 2 aliphatic heterocycles. The van der Waals surface area contributed by atoms with Crippen LogP contribution in [-0.4, -0.2) is 37.8 Å². The van der Waals surface area contributed by atoms with Crippen molar-refractivity contribution in [2.75, 3.05) is 27.0 Å². The Balaban J connectivity index is 1.61. The highest BCUT2D eigenvalue weighted by molar-refractivity contribution is 5.73. The Hall–Kier alpha value is -2.69. The topological polar surface area (TPSA) is 48.0 Å². The van der Waals surface area contributed by atoms with Crippen molar-refractivity contribution in [2.45, 2.75) is 25.2 Å². The van der Waals surface area contributed by atoms with Gasteiger partial charge in [0, 0.05) is 31.8 Å². The standard InChI is InChI=1S/C21H23NO4/c1-14(23)22-11-17(15-3-6-19(24-2)7-4-15)9-18(12-22)16-5-8-20-21(10-16)26-13-25-20/h3-8,10,17-18H,9,11-13H2,1-2H3/t17-,18-/m1/s1. The fourth-order valence-electron chi connectivity index (χ4n) is 3.88. The summed E-state index contributed by atoms with van der Waals surface area (Å²) in [5, 5.41) is 0. The van der Waals surface area contributed by atoms with E-state index < -0.39 is 0 Å². The number of piperidine rings is 1. The number of rotatable bonds is 3. The van der Waals surface area contributed by atoms with Crippen LogP contribution in [0.5, 0.6) is 17.2 Å². The number of nitrogens with zero attached hydrogens (tertiary/aromatic N) is 1. The summed E-state index contributed by atoms with van der Waals surface area (Å²) >= 11 is 0. The third-order valence-electron chi connectivity index (χ3n) is 5.35. The van der Waals surface area contributed by atoms with Gasteiger partial charge in [-0.15, -0.1) is 0 Å². The van der Waals surface area contributed by atoms with Crippen molar-refractivity contribution in [2.24, 2.45) is 0 Å². The second kappa shape index (κ2) is 6.90. The van der Waals surface area contributed by atoms with Gasteiger partial charge in [0.2, 0.25) is 12.7 Å². The van der Waals surface area contributed by atoms with E-state index in [4.69, 9.17) is 14.2 Å². The molecule has 0 bridgehead atoms. The van der Waals surface area contributed by atoms with Gasteiger partial charge in [0.1, 0.15) is 5.75 Å². The molecule has 0 spiro atoms. The zero-order chi connectivity index (χ0) is 18.1. The summed E-state index contributed by atoms with van der Waals surface area (Å²) in [6, 6.07) is 14.3. The van der Waals surface area contributed by atoms with Crippen LogP contribution in [0.2, 0.25) is 0 Å². The normalized spacial score (nSPS) is 21.5. The van der Waals surface area contributed by atoms with Crippen LogP contribution < -0.4 is 14.2 Å². The molecule has 0 N–H and O–H groups in total. The summed E-state index contributed by atoms with van der Waals surface area (Å²) in [5.41, 5.74) is 2.43. The molecule has 2 heterocycles. The van der Waals surface area contributed by atoms with Crippen molar-refractivity contribution < 1.29 is 19.0 Å². The molecule has 2 aromatic rings. The maximum absolute atomic E-state index is 12.1. The monoisotopic (exact) mass is 353 g/mol. The van der Waals surface area contributed by atoms with E-state index in [1.165, 1.54) is 11.1 Å². The fourth-order valence-corrected chi connectivity index (χ4v) is 3.88. The number of fused-ring (bicyclic) bond motifs is 1. The van der Waals surface area contributed by atoms with Gasteiger partial charge >= 0.3 is 0 Å². The second-order valence-electron chi connectivity index (χ2n) is 6.94. The molecule has 5 nitrogen and oxygen atoms in total. The van der Waals surface area contributed by atoms with Crippen molar-refractivity contribution in [1.82, 2.24) is 4.90 Å². The molecule has 0 radical (unpaired) electrons. The summed E-state index contributed by atoms with van der Waals surface area (Å²) in [6.07, 6.45) is 0.996. The molecule has 0 aliphatic carbocycles. The molecular formula is C21H23NO4. The quantitative estimate of drug-likeness (QED) is 0.847. The maximum Gasteiger partial charge on any atom is 0.231 e. The Morgan fingerprint density at radius 2 is 1.65 bits per heavy atom. The summed E-state index contributed by atoms with van der Waals surface area (Å²) in [5.74, 6) is 3.13. The smallest absolute Gasteiger partial charge is 0.231 e. The number of hydrogen-bond acceptors (Lipinski definition) is 4. The van der Waals surface area contributed by atoms with Gasteiger partial charge < -0.3 is 19.1 Å². The number of methoxy groups -OCH3 is 1. The third-order valence-corrected chi connectivity index (χ3v) is 5.35. The van der Waals surface area contributed by atoms with Crippen molar-refractivity contribution in [3.63, 3.8) is 0 Å². The Bertz CT molecular complexity index is 802. The number of benzene rings is 2. The van der Waals surface area contributed by atoms with Crippen molar-refractivity contribution in [3.8, 4) is 17.2 Å². The highest BCUT2D eigenvalue weighted by atomic mass is 16.7. The number of hydrogen-bond donors (Lipinski definition) is 0.